The Morgan fingerprint density at radius 3 is 1.71 bits per heavy atom. The monoisotopic (exact) mass is 283 g/mol. The van der Waals surface area contributed by atoms with Crippen LogP contribution in [0.3, 0.4) is 0 Å². The minimum Gasteiger partial charge on any atom is -0.481 e. The fourth-order valence-corrected chi connectivity index (χ4v) is 2.73. The van der Waals surface area contributed by atoms with Gasteiger partial charge in [0.05, 0.1) is 6.42 Å². The van der Waals surface area contributed by atoms with Crippen LogP contribution in [0, 0.1) is 0 Å². The molecule has 0 aliphatic rings. The molecule has 2 rings (SSSR count). The van der Waals surface area contributed by atoms with Gasteiger partial charge in [-0.1, -0.05) is 60.7 Å². The van der Waals surface area contributed by atoms with Crippen molar-refractivity contribution in [3.63, 3.8) is 0 Å². The van der Waals surface area contributed by atoms with Crippen molar-refractivity contribution in [3.05, 3.63) is 71.8 Å². The van der Waals surface area contributed by atoms with Gasteiger partial charge in [0.1, 0.15) is 0 Å². The predicted molar refractivity (Wildman–Crippen MR) is 84.5 cm³/mol. The van der Waals surface area contributed by atoms with E-state index in [0.29, 0.717) is 0 Å². The molecule has 0 fully saturated rings. The minimum absolute atomic E-state index is 0.0403. The van der Waals surface area contributed by atoms with Gasteiger partial charge in [-0.25, -0.2) is 0 Å². The Morgan fingerprint density at radius 2 is 1.38 bits per heavy atom. The molecule has 110 valence electrons. The van der Waals surface area contributed by atoms with Crippen LogP contribution < -0.4 is 0 Å². The van der Waals surface area contributed by atoms with Gasteiger partial charge in [0.2, 0.25) is 0 Å². The number of hydrogen-bond acceptors (Lipinski definition) is 2. The summed E-state index contributed by atoms with van der Waals surface area (Å²) in [5.74, 6) is -0.732. The van der Waals surface area contributed by atoms with Crippen LogP contribution in [0.4, 0.5) is 0 Å². The summed E-state index contributed by atoms with van der Waals surface area (Å²) in [6.07, 6.45) is 0.113. The molecule has 1 N–H and O–H groups in total. The van der Waals surface area contributed by atoms with Gasteiger partial charge < -0.3 is 10.0 Å². The zero-order chi connectivity index (χ0) is 15.2. The van der Waals surface area contributed by atoms with Crippen LogP contribution in [0.2, 0.25) is 0 Å². The molecule has 2 aromatic carbocycles. The molecule has 0 bridgehead atoms. The van der Waals surface area contributed by atoms with Gasteiger partial charge in [0.25, 0.3) is 0 Å². The number of aliphatic carboxylic acids is 1. The molecule has 2 aromatic rings. The molecular formula is C18H21NO2. The van der Waals surface area contributed by atoms with Crippen LogP contribution in [0.25, 0.3) is 0 Å². The topological polar surface area (TPSA) is 40.5 Å². The number of hydrogen-bond donors (Lipinski definition) is 1. The lowest BCUT2D eigenvalue weighted by atomic mass is 9.83. The predicted octanol–water partition coefficient (Wildman–Crippen LogP) is 3.22. The summed E-state index contributed by atoms with van der Waals surface area (Å²) in [6.45, 7) is 0. The zero-order valence-electron chi connectivity index (χ0n) is 12.4. The van der Waals surface area contributed by atoms with Crippen LogP contribution in [-0.2, 0) is 4.79 Å². The molecule has 21 heavy (non-hydrogen) atoms. The maximum absolute atomic E-state index is 11.3. The third-order valence-corrected chi connectivity index (χ3v) is 3.75. The van der Waals surface area contributed by atoms with E-state index in [0.717, 1.165) is 11.1 Å². The lowest BCUT2D eigenvalue weighted by Gasteiger charge is -2.32. The normalized spacial score (nSPS) is 12.6. The summed E-state index contributed by atoms with van der Waals surface area (Å²) >= 11 is 0. The van der Waals surface area contributed by atoms with Gasteiger partial charge >= 0.3 is 5.97 Å². The minimum atomic E-state index is -0.773. The van der Waals surface area contributed by atoms with Crippen molar-refractivity contribution in [2.75, 3.05) is 14.1 Å². The maximum atomic E-state index is 11.3. The van der Waals surface area contributed by atoms with E-state index in [9.17, 15) is 9.90 Å². The Hall–Kier alpha value is -2.13. The largest absolute Gasteiger partial charge is 0.481 e. The molecule has 0 radical (unpaired) electrons. The van der Waals surface area contributed by atoms with E-state index in [-0.39, 0.29) is 18.4 Å². The van der Waals surface area contributed by atoms with E-state index < -0.39 is 5.97 Å². The number of rotatable bonds is 6. The highest BCUT2D eigenvalue weighted by molar-refractivity contribution is 5.68. The molecule has 0 aliphatic carbocycles. The Morgan fingerprint density at radius 1 is 0.952 bits per heavy atom. The molecule has 0 saturated heterocycles. The van der Waals surface area contributed by atoms with Crippen molar-refractivity contribution in [3.8, 4) is 0 Å². The highest BCUT2D eigenvalue weighted by Crippen LogP contribution is 2.31. The quantitative estimate of drug-likeness (QED) is 0.885. The van der Waals surface area contributed by atoms with Crippen molar-refractivity contribution >= 4 is 5.97 Å². The molecule has 0 spiro atoms. The Balaban J connectivity index is 2.47. The van der Waals surface area contributed by atoms with E-state index in [1.54, 1.807) is 0 Å². The van der Waals surface area contributed by atoms with Crippen LogP contribution >= 0.6 is 0 Å². The molecule has 1 unspecified atom stereocenters. The number of carbonyl (C=O) groups is 1. The van der Waals surface area contributed by atoms with Crippen molar-refractivity contribution in [2.24, 2.45) is 0 Å². The first-order valence-electron chi connectivity index (χ1n) is 7.07. The van der Waals surface area contributed by atoms with Gasteiger partial charge in [-0.15, -0.1) is 0 Å². The SMILES string of the molecule is CN(C)C(CC(=O)O)C(c1ccccc1)c1ccccc1. The summed E-state index contributed by atoms with van der Waals surface area (Å²) in [7, 11) is 3.87. The van der Waals surface area contributed by atoms with Gasteiger partial charge in [0.15, 0.2) is 0 Å². The first-order valence-corrected chi connectivity index (χ1v) is 7.07. The number of carboxylic acids is 1. The Labute approximate surface area is 125 Å². The first kappa shape index (κ1) is 15.3. The van der Waals surface area contributed by atoms with Crippen molar-refractivity contribution in [2.45, 2.75) is 18.4 Å². The van der Waals surface area contributed by atoms with E-state index >= 15 is 0 Å². The molecule has 0 saturated carbocycles. The molecule has 3 heteroatoms. The van der Waals surface area contributed by atoms with Gasteiger partial charge in [-0.3, -0.25) is 4.79 Å². The van der Waals surface area contributed by atoms with Crippen molar-refractivity contribution in [1.29, 1.82) is 0 Å². The Kier molecular flexibility index (Phi) is 5.12. The highest BCUT2D eigenvalue weighted by Gasteiger charge is 2.28. The Bertz CT molecular complexity index is 527. The second-order valence-electron chi connectivity index (χ2n) is 5.43. The number of benzene rings is 2. The van der Waals surface area contributed by atoms with Crippen LogP contribution in [-0.4, -0.2) is 36.1 Å². The fourth-order valence-electron chi connectivity index (χ4n) is 2.73. The molecule has 0 amide bonds. The summed E-state index contributed by atoms with van der Waals surface area (Å²) in [5, 5.41) is 9.25. The van der Waals surface area contributed by atoms with Crippen LogP contribution in [0.15, 0.2) is 60.7 Å². The van der Waals surface area contributed by atoms with Gasteiger partial charge in [-0.2, -0.15) is 0 Å². The standard InChI is InChI=1S/C18H21NO2/c1-19(2)16(13-17(20)21)18(14-9-5-3-6-10-14)15-11-7-4-8-12-15/h3-12,16,18H,13H2,1-2H3,(H,20,21). The molecule has 3 nitrogen and oxygen atoms in total. The highest BCUT2D eigenvalue weighted by atomic mass is 16.4. The second-order valence-corrected chi connectivity index (χ2v) is 5.43. The van der Waals surface area contributed by atoms with Crippen molar-refractivity contribution < 1.29 is 9.90 Å². The average Bonchev–Trinajstić information content (AvgIpc) is 2.48. The molecular weight excluding hydrogens is 262 g/mol. The van der Waals surface area contributed by atoms with Crippen LogP contribution in [0.1, 0.15) is 23.5 Å². The molecule has 0 aliphatic heterocycles. The first-order chi connectivity index (χ1) is 10.1. The molecule has 0 aromatic heterocycles. The lowest BCUT2D eigenvalue weighted by Crippen LogP contribution is -2.36. The number of likely N-dealkylation sites (N-methyl/N-ethyl adjacent to an activating group) is 1. The molecule has 0 heterocycles. The average molecular weight is 283 g/mol. The third-order valence-electron chi connectivity index (χ3n) is 3.75. The smallest absolute Gasteiger partial charge is 0.304 e. The van der Waals surface area contributed by atoms with E-state index in [4.69, 9.17) is 0 Å². The fraction of sp³-hybridized carbons (Fsp3) is 0.278. The maximum Gasteiger partial charge on any atom is 0.304 e. The van der Waals surface area contributed by atoms with E-state index in [2.05, 4.69) is 24.3 Å². The van der Waals surface area contributed by atoms with Crippen molar-refractivity contribution in [1.82, 2.24) is 4.90 Å². The third kappa shape index (κ3) is 3.92. The summed E-state index contributed by atoms with van der Waals surface area (Å²) < 4.78 is 0. The van der Waals surface area contributed by atoms with Gasteiger partial charge in [-0.05, 0) is 25.2 Å². The van der Waals surface area contributed by atoms with E-state index in [1.807, 2.05) is 55.4 Å². The molecule has 1 atom stereocenters. The van der Waals surface area contributed by atoms with Crippen LogP contribution in [0.5, 0.6) is 0 Å². The summed E-state index contributed by atoms with van der Waals surface area (Å²) in [6, 6.07) is 20.1. The second kappa shape index (κ2) is 7.04. The lowest BCUT2D eigenvalue weighted by molar-refractivity contribution is -0.138. The van der Waals surface area contributed by atoms with Gasteiger partial charge in [0, 0.05) is 12.0 Å². The number of nitrogens with zero attached hydrogens (tertiary/aromatic N) is 1. The summed E-state index contributed by atoms with van der Waals surface area (Å²) in [5.41, 5.74) is 2.28. The summed E-state index contributed by atoms with van der Waals surface area (Å²) in [4.78, 5) is 13.3. The number of carboxylic acid groups (broad SMARTS) is 1. The van der Waals surface area contributed by atoms with E-state index in [1.165, 1.54) is 0 Å². The zero-order valence-corrected chi connectivity index (χ0v) is 12.4.